The van der Waals surface area contributed by atoms with Crippen LogP contribution in [0, 0.1) is 5.92 Å². The lowest BCUT2D eigenvalue weighted by Crippen LogP contribution is -2.23. The first kappa shape index (κ1) is 16.1. The summed E-state index contributed by atoms with van der Waals surface area (Å²) < 4.78 is 1.09. The Bertz CT molecular complexity index is 873. The zero-order valence-corrected chi connectivity index (χ0v) is 15.6. The first-order chi connectivity index (χ1) is 12.2. The van der Waals surface area contributed by atoms with Gasteiger partial charge in [-0.2, -0.15) is 5.10 Å². The van der Waals surface area contributed by atoms with E-state index in [1.54, 1.807) is 0 Å². The van der Waals surface area contributed by atoms with Crippen molar-refractivity contribution >= 4 is 27.3 Å². The largest absolute Gasteiger partial charge is 0.257 e. The van der Waals surface area contributed by atoms with Gasteiger partial charge in [-0.15, -0.1) is 0 Å². The maximum Gasteiger partial charge on any atom is 0.0857 e. The molecular weight excluding hydrogens is 372 g/mol. The number of halogens is 1. The maximum absolute atomic E-state index is 5.03. The molecule has 2 nitrogen and oxygen atoms in total. The molecule has 0 N–H and O–H groups in total. The summed E-state index contributed by atoms with van der Waals surface area (Å²) >= 11 is 3.52. The summed E-state index contributed by atoms with van der Waals surface area (Å²) in [7, 11) is 0. The molecule has 0 aromatic heterocycles. The van der Waals surface area contributed by atoms with Crippen molar-refractivity contribution in [2.45, 2.75) is 13.0 Å². The van der Waals surface area contributed by atoms with Gasteiger partial charge in [0.25, 0.3) is 0 Å². The van der Waals surface area contributed by atoms with Crippen LogP contribution in [0.4, 0.5) is 5.69 Å². The molecule has 25 heavy (non-hydrogen) atoms. The molecule has 3 aromatic rings. The molecule has 0 saturated carbocycles. The van der Waals surface area contributed by atoms with Gasteiger partial charge in [-0.05, 0) is 35.4 Å². The second kappa shape index (κ2) is 6.85. The molecular formula is C22H19BrN2. The summed E-state index contributed by atoms with van der Waals surface area (Å²) in [6.07, 6.45) is 0. The summed E-state index contributed by atoms with van der Waals surface area (Å²) in [5.41, 5.74) is 4.71. The van der Waals surface area contributed by atoms with Crippen molar-refractivity contribution in [2.24, 2.45) is 11.0 Å². The van der Waals surface area contributed by atoms with Crippen LogP contribution < -0.4 is 5.01 Å². The van der Waals surface area contributed by atoms with Gasteiger partial charge in [-0.1, -0.05) is 83.5 Å². The van der Waals surface area contributed by atoms with Gasteiger partial charge in [0, 0.05) is 10.4 Å². The molecule has 0 aliphatic carbocycles. The summed E-state index contributed by atoms with van der Waals surface area (Å²) in [5.74, 6) is 0.295. The molecule has 124 valence electrons. The average Bonchev–Trinajstić information content (AvgIpc) is 3.01. The van der Waals surface area contributed by atoms with E-state index in [0.717, 1.165) is 15.9 Å². The molecule has 0 amide bonds. The van der Waals surface area contributed by atoms with E-state index >= 15 is 0 Å². The molecule has 0 spiro atoms. The average molecular weight is 391 g/mol. The SMILES string of the molecule is CC1C(c2ccc(Br)cc2)=NN(c2ccccc2)C1c1ccccc1. The third-order valence-electron chi connectivity index (χ3n) is 4.69. The number of hydrazone groups is 1. The van der Waals surface area contributed by atoms with Crippen molar-refractivity contribution in [3.8, 4) is 0 Å². The molecule has 0 radical (unpaired) electrons. The van der Waals surface area contributed by atoms with E-state index in [0.29, 0.717) is 5.92 Å². The fraction of sp³-hybridized carbons (Fsp3) is 0.136. The Kier molecular flexibility index (Phi) is 4.41. The second-order valence-corrected chi connectivity index (χ2v) is 7.23. The van der Waals surface area contributed by atoms with Gasteiger partial charge >= 0.3 is 0 Å². The topological polar surface area (TPSA) is 15.6 Å². The highest BCUT2D eigenvalue weighted by atomic mass is 79.9. The molecule has 1 heterocycles. The summed E-state index contributed by atoms with van der Waals surface area (Å²) in [4.78, 5) is 0. The van der Waals surface area contributed by atoms with Crippen LogP contribution in [0.3, 0.4) is 0 Å². The van der Waals surface area contributed by atoms with Crippen molar-refractivity contribution in [3.05, 3.63) is 101 Å². The second-order valence-electron chi connectivity index (χ2n) is 6.32. The Balaban J connectivity index is 1.80. The van der Waals surface area contributed by atoms with Gasteiger partial charge in [0.05, 0.1) is 17.4 Å². The van der Waals surface area contributed by atoms with Gasteiger partial charge in [0.1, 0.15) is 0 Å². The Hall–Kier alpha value is -2.39. The highest BCUT2D eigenvalue weighted by Gasteiger charge is 2.36. The Labute approximate surface area is 156 Å². The van der Waals surface area contributed by atoms with Gasteiger partial charge in [-0.25, -0.2) is 0 Å². The van der Waals surface area contributed by atoms with E-state index < -0.39 is 0 Å². The van der Waals surface area contributed by atoms with Crippen LogP contribution in [0.1, 0.15) is 24.1 Å². The molecule has 2 atom stereocenters. The van der Waals surface area contributed by atoms with Crippen LogP contribution in [0.15, 0.2) is 94.5 Å². The van der Waals surface area contributed by atoms with Crippen LogP contribution in [0.5, 0.6) is 0 Å². The monoisotopic (exact) mass is 390 g/mol. The number of anilines is 1. The van der Waals surface area contributed by atoms with Crippen LogP contribution >= 0.6 is 15.9 Å². The summed E-state index contributed by atoms with van der Waals surface area (Å²) in [6.45, 7) is 2.27. The van der Waals surface area contributed by atoms with Gasteiger partial charge < -0.3 is 0 Å². The number of hydrogen-bond donors (Lipinski definition) is 0. The molecule has 0 saturated heterocycles. The normalized spacial score (nSPS) is 19.8. The zero-order chi connectivity index (χ0) is 17.2. The van der Waals surface area contributed by atoms with Crippen LogP contribution in [0.2, 0.25) is 0 Å². The molecule has 1 aliphatic rings. The zero-order valence-electron chi connectivity index (χ0n) is 14.0. The van der Waals surface area contributed by atoms with Crippen LogP contribution in [0.25, 0.3) is 0 Å². The van der Waals surface area contributed by atoms with Crippen molar-refractivity contribution in [2.75, 3.05) is 5.01 Å². The number of hydrogen-bond acceptors (Lipinski definition) is 2. The van der Waals surface area contributed by atoms with Crippen LogP contribution in [-0.4, -0.2) is 5.71 Å². The molecule has 0 bridgehead atoms. The Morgan fingerprint density at radius 3 is 2.04 bits per heavy atom. The molecule has 3 heteroatoms. The summed E-state index contributed by atoms with van der Waals surface area (Å²) in [5, 5.41) is 7.20. The molecule has 3 aromatic carbocycles. The fourth-order valence-electron chi connectivity index (χ4n) is 3.45. The van der Waals surface area contributed by atoms with E-state index in [2.05, 4.69) is 107 Å². The van der Waals surface area contributed by atoms with E-state index in [4.69, 9.17) is 5.10 Å². The molecule has 0 fully saturated rings. The number of nitrogens with zero attached hydrogens (tertiary/aromatic N) is 2. The van der Waals surface area contributed by atoms with E-state index in [1.807, 2.05) is 6.07 Å². The van der Waals surface area contributed by atoms with Crippen molar-refractivity contribution in [1.29, 1.82) is 0 Å². The van der Waals surface area contributed by atoms with Crippen molar-refractivity contribution in [1.82, 2.24) is 0 Å². The third kappa shape index (κ3) is 3.12. The van der Waals surface area contributed by atoms with Crippen molar-refractivity contribution < 1.29 is 0 Å². The first-order valence-corrected chi connectivity index (χ1v) is 9.27. The minimum atomic E-state index is 0.197. The molecule has 2 unspecified atom stereocenters. The van der Waals surface area contributed by atoms with Gasteiger partial charge in [-0.3, -0.25) is 5.01 Å². The minimum absolute atomic E-state index is 0.197. The fourth-order valence-corrected chi connectivity index (χ4v) is 3.72. The number of rotatable bonds is 3. The molecule has 4 rings (SSSR count). The Morgan fingerprint density at radius 1 is 0.800 bits per heavy atom. The van der Waals surface area contributed by atoms with Crippen LogP contribution in [-0.2, 0) is 0 Å². The highest BCUT2D eigenvalue weighted by Crippen LogP contribution is 2.40. The number of para-hydroxylation sites is 1. The van der Waals surface area contributed by atoms with E-state index in [-0.39, 0.29) is 6.04 Å². The predicted molar refractivity (Wildman–Crippen MR) is 108 cm³/mol. The third-order valence-corrected chi connectivity index (χ3v) is 5.21. The van der Waals surface area contributed by atoms with Gasteiger partial charge in [0.2, 0.25) is 0 Å². The minimum Gasteiger partial charge on any atom is -0.257 e. The maximum atomic E-state index is 5.03. The standard InChI is InChI=1S/C22H19BrN2/c1-16-21(17-12-14-19(23)15-13-17)24-25(20-10-6-3-7-11-20)22(16)18-8-4-2-5-9-18/h2-16,22H,1H3. The quantitative estimate of drug-likeness (QED) is 0.531. The first-order valence-electron chi connectivity index (χ1n) is 8.48. The van der Waals surface area contributed by atoms with E-state index in [1.165, 1.54) is 11.1 Å². The smallest absolute Gasteiger partial charge is 0.0857 e. The Morgan fingerprint density at radius 2 is 1.40 bits per heavy atom. The van der Waals surface area contributed by atoms with Gasteiger partial charge in [0.15, 0.2) is 0 Å². The van der Waals surface area contributed by atoms with Crippen molar-refractivity contribution in [3.63, 3.8) is 0 Å². The lowest BCUT2D eigenvalue weighted by Gasteiger charge is -2.27. The predicted octanol–water partition coefficient (Wildman–Crippen LogP) is 6.05. The summed E-state index contributed by atoms with van der Waals surface area (Å²) in [6, 6.07) is 29.7. The van der Waals surface area contributed by atoms with E-state index in [9.17, 15) is 0 Å². The lowest BCUT2D eigenvalue weighted by molar-refractivity contribution is 0.589. The lowest BCUT2D eigenvalue weighted by atomic mass is 9.88. The highest BCUT2D eigenvalue weighted by molar-refractivity contribution is 9.10. The molecule has 1 aliphatic heterocycles. The number of benzene rings is 3.